The Labute approximate surface area is 187 Å². The number of ether oxygens (including phenoxy) is 2. The molecule has 0 spiro atoms. The maximum absolute atomic E-state index is 6.49. The summed E-state index contributed by atoms with van der Waals surface area (Å²) in [6.07, 6.45) is 7.23. The number of rotatable bonds is 9. The van der Waals surface area contributed by atoms with Crippen molar-refractivity contribution in [2.45, 2.75) is 142 Å². The summed E-state index contributed by atoms with van der Waals surface area (Å²) in [6, 6.07) is 0. The highest BCUT2D eigenvalue weighted by Gasteiger charge is 2.48. The molecule has 0 aromatic rings. The first kappa shape index (κ1) is 26.1. The van der Waals surface area contributed by atoms with Crippen molar-refractivity contribution in [2.24, 2.45) is 11.8 Å². The number of hydrogen-bond acceptors (Lipinski definition) is 4. The van der Waals surface area contributed by atoms with Gasteiger partial charge in [-0.15, -0.1) is 0 Å². The molecule has 2 aliphatic rings. The Morgan fingerprint density at radius 1 is 0.633 bits per heavy atom. The lowest BCUT2D eigenvalue weighted by atomic mass is 9.70. The Morgan fingerprint density at radius 3 is 1.23 bits per heavy atom. The maximum Gasteiger partial charge on any atom is 0.0704 e. The van der Waals surface area contributed by atoms with Gasteiger partial charge in [0.1, 0.15) is 0 Å². The van der Waals surface area contributed by atoms with Crippen molar-refractivity contribution >= 4 is 0 Å². The first-order valence-corrected chi connectivity index (χ1v) is 12.7. The molecule has 0 aromatic carbocycles. The van der Waals surface area contributed by atoms with Gasteiger partial charge in [0.2, 0.25) is 0 Å². The SMILES string of the molecule is CCC1(C)CC(OCCOC2CC(C)(CC)NC(C)(CC)C2C)C(C)C(C)(CC)N1. The van der Waals surface area contributed by atoms with Crippen LogP contribution in [0.1, 0.15) is 108 Å². The Hall–Kier alpha value is -0.160. The average molecular weight is 425 g/mol. The van der Waals surface area contributed by atoms with E-state index in [2.05, 4.69) is 79.9 Å². The smallest absolute Gasteiger partial charge is 0.0704 e. The average Bonchev–Trinajstić information content (AvgIpc) is 2.72. The summed E-state index contributed by atoms with van der Waals surface area (Å²) < 4.78 is 13.0. The van der Waals surface area contributed by atoms with E-state index in [0.717, 1.165) is 38.5 Å². The second-order valence-electron chi connectivity index (χ2n) is 11.4. The third-order valence-electron chi connectivity index (χ3n) is 9.38. The fraction of sp³-hybridized carbons (Fsp3) is 1.00. The van der Waals surface area contributed by atoms with Gasteiger partial charge in [0.05, 0.1) is 25.4 Å². The van der Waals surface area contributed by atoms with Gasteiger partial charge in [-0.1, -0.05) is 41.5 Å². The van der Waals surface area contributed by atoms with Gasteiger partial charge in [-0.2, -0.15) is 0 Å². The summed E-state index contributed by atoms with van der Waals surface area (Å²) in [5.74, 6) is 0.985. The molecular weight excluding hydrogens is 372 g/mol. The van der Waals surface area contributed by atoms with Crippen molar-refractivity contribution in [3.05, 3.63) is 0 Å². The summed E-state index contributed by atoms with van der Waals surface area (Å²) in [7, 11) is 0. The van der Waals surface area contributed by atoms with Gasteiger partial charge in [0, 0.05) is 34.0 Å². The highest BCUT2D eigenvalue weighted by Crippen LogP contribution is 2.40. The first-order chi connectivity index (χ1) is 13.9. The highest BCUT2D eigenvalue weighted by atomic mass is 16.5. The second-order valence-corrected chi connectivity index (χ2v) is 11.4. The molecule has 4 nitrogen and oxygen atoms in total. The molecule has 0 aliphatic carbocycles. The van der Waals surface area contributed by atoms with E-state index in [1.165, 1.54) is 0 Å². The van der Waals surface area contributed by atoms with Crippen LogP contribution < -0.4 is 10.6 Å². The van der Waals surface area contributed by atoms with Crippen LogP contribution in [-0.2, 0) is 9.47 Å². The maximum atomic E-state index is 6.49. The Morgan fingerprint density at radius 2 is 0.967 bits per heavy atom. The van der Waals surface area contributed by atoms with E-state index in [0.29, 0.717) is 25.0 Å². The van der Waals surface area contributed by atoms with Crippen molar-refractivity contribution in [1.82, 2.24) is 10.6 Å². The predicted molar refractivity (Wildman–Crippen MR) is 128 cm³/mol. The van der Waals surface area contributed by atoms with Crippen LogP contribution in [0.15, 0.2) is 0 Å². The zero-order valence-electron chi connectivity index (χ0n) is 21.8. The molecule has 2 saturated heterocycles. The number of hydrogen-bond donors (Lipinski definition) is 2. The molecule has 2 N–H and O–H groups in total. The zero-order chi connectivity index (χ0) is 22.8. The van der Waals surface area contributed by atoms with Gasteiger partial charge in [-0.25, -0.2) is 0 Å². The van der Waals surface area contributed by atoms with Crippen molar-refractivity contribution in [3.8, 4) is 0 Å². The van der Waals surface area contributed by atoms with Crippen LogP contribution in [0.5, 0.6) is 0 Å². The lowest BCUT2D eigenvalue weighted by Crippen LogP contribution is -2.66. The first-order valence-electron chi connectivity index (χ1n) is 12.7. The number of piperidine rings is 2. The second kappa shape index (κ2) is 9.77. The highest BCUT2D eigenvalue weighted by molar-refractivity contribution is 5.05. The third-order valence-corrected chi connectivity index (χ3v) is 9.38. The Kier molecular flexibility index (Phi) is 8.50. The minimum atomic E-state index is 0.129. The molecule has 8 atom stereocenters. The standard InChI is InChI=1S/C26H52N2O2/c1-11-23(7)17-21(19(5)25(9,13-3)27-23)29-15-16-30-22-18-24(8,12-2)28-26(10,14-4)20(22)6/h19-22,27-28H,11-18H2,1-10H3. The number of nitrogens with one attached hydrogen (secondary N) is 2. The molecule has 2 fully saturated rings. The normalized spacial score (nSPS) is 47.4. The predicted octanol–water partition coefficient (Wildman–Crippen LogP) is 5.69. The van der Waals surface area contributed by atoms with Gasteiger partial charge in [-0.05, 0) is 66.2 Å². The van der Waals surface area contributed by atoms with E-state index in [9.17, 15) is 0 Å². The summed E-state index contributed by atoms with van der Waals surface area (Å²) in [5, 5.41) is 7.89. The van der Waals surface area contributed by atoms with Crippen molar-refractivity contribution in [1.29, 1.82) is 0 Å². The van der Waals surface area contributed by atoms with E-state index >= 15 is 0 Å². The Bertz CT molecular complexity index is 509. The summed E-state index contributed by atoms with van der Waals surface area (Å²) in [6.45, 7) is 24.7. The third kappa shape index (κ3) is 5.42. The van der Waals surface area contributed by atoms with E-state index < -0.39 is 0 Å². The van der Waals surface area contributed by atoms with Crippen LogP contribution in [-0.4, -0.2) is 47.6 Å². The van der Waals surface area contributed by atoms with Crippen LogP contribution in [0.25, 0.3) is 0 Å². The van der Waals surface area contributed by atoms with Gasteiger partial charge in [0.25, 0.3) is 0 Å². The molecule has 0 aromatic heterocycles. The molecule has 4 heteroatoms. The largest absolute Gasteiger partial charge is 0.375 e. The van der Waals surface area contributed by atoms with E-state index in [1.54, 1.807) is 0 Å². The minimum absolute atomic E-state index is 0.129. The lowest BCUT2D eigenvalue weighted by Gasteiger charge is -2.53. The Balaban J connectivity index is 1.96. The van der Waals surface area contributed by atoms with Crippen molar-refractivity contribution in [3.63, 3.8) is 0 Å². The minimum Gasteiger partial charge on any atom is -0.375 e. The van der Waals surface area contributed by atoms with E-state index in [-0.39, 0.29) is 34.4 Å². The summed E-state index contributed by atoms with van der Waals surface area (Å²) >= 11 is 0. The van der Waals surface area contributed by atoms with Gasteiger partial charge >= 0.3 is 0 Å². The molecule has 0 radical (unpaired) electrons. The van der Waals surface area contributed by atoms with Crippen LogP contribution in [0.4, 0.5) is 0 Å². The van der Waals surface area contributed by atoms with Gasteiger partial charge in [0.15, 0.2) is 0 Å². The van der Waals surface area contributed by atoms with Crippen molar-refractivity contribution in [2.75, 3.05) is 13.2 Å². The topological polar surface area (TPSA) is 42.5 Å². The van der Waals surface area contributed by atoms with Crippen LogP contribution in [0.2, 0.25) is 0 Å². The molecule has 8 unspecified atom stereocenters. The molecule has 2 heterocycles. The van der Waals surface area contributed by atoms with Crippen molar-refractivity contribution < 1.29 is 9.47 Å². The summed E-state index contributed by atoms with van der Waals surface area (Å²) in [5.41, 5.74) is 0.560. The molecule has 0 amide bonds. The summed E-state index contributed by atoms with van der Waals surface area (Å²) in [4.78, 5) is 0. The lowest BCUT2D eigenvalue weighted by molar-refractivity contribution is -0.114. The molecule has 178 valence electrons. The van der Waals surface area contributed by atoms with Crippen LogP contribution in [0, 0.1) is 11.8 Å². The zero-order valence-corrected chi connectivity index (χ0v) is 21.8. The molecule has 30 heavy (non-hydrogen) atoms. The van der Waals surface area contributed by atoms with Gasteiger partial charge < -0.3 is 20.1 Å². The van der Waals surface area contributed by atoms with Crippen LogP contribution >= 0.6 is 0 Å². The van der Waals surface area contributed by atoms with E-state index in [4.69, 9.17) is 9.47 Å². The van der Waals surface area contributed by atoms with E-state index in [1.807, 2.05) is 0 Å². The molecular formula is C26H52N2O2. The quantitative estimate of drug-likeness (QED) is 0.467. The monoisotopic (exact) mass is 424 g/mol. The molecule has 2 rings (SSSR count). The fourth-order valence-electron chi connectivity index (χ4n) is 5.86. The fourth-order valence-corrected chi connectivity index (χ4v) is 5.86. The van der Waals surface area contributed by atoms with Gasteiger partial charge in [-0.3, -0.25) is 0 Å². The molecule has 0 bridgehead atoms. The van der Waals surface area contributed by atoms with Crippen LogP contribution in [0.3, 0.4) is 0 Å². The molecule has 2 aliphatic heterocycles. The molecule has 0 saturated carbocycles.